The maximum absolute atomic E-state index is 9.94. The second-order valence-electron chi connectivity index (χ2n) is 11.6. The van der Waals surface area contributed by atoms with Gasteiger partial charge in [0.05, 0.1) is 0 Å². The molecule has 0 radical (unpaired) electrons. The maximum atomic E-state index is 9.94. The Hall–Kier alpha value is -0.220. The second-order valence-corrected chi connectivity index (χ2v) is 12.6. The molecule has 0 aromatic rings. The standard InChI is InChI=1S/C32H62O2S2/c1-5-9-11-13-15-17-19-27(7-3)23-29(25-31(33)35)21-22-30(26-32(34)36)24-28(8-4)20-18-16-14-12-10-6-2/h27-30H,5-26H2,1-4H3,(H,33,35)(H,34,36). The number of hydrogen-bond acceptors (Lipinski definition) is 2. The molecule has 0 aliphatic heterocycles. The minimum atomic E-state index is 0.165. The Kier molecular flexibility index (Phi) is 24.9. The zero-order valence-corrected chi connectivity index (χ0v) is 26.2. The van der Waals surface area contributed by atoms with Crippen molar-refractivity contribution in [3.8, 4) is 0 Å². The highest BCUT2D eigenvalue weighted by molar-refractivity contribution is 7.80. The number of unbranched alkanes of at least 4 members (excludes halogenated alkanes) is 10. The van der Waals surface area contributed by atoms with E-state index in [0.717, 1.165) is 37.5 Å². The molecule has 0 aliphatic rings. The molecule has 0 aliphatic carbocycles. The first-order valence-corrected chi connectivity index (χ1v) is 16.6. The lowest BCUT2D eigenvalue weighted by atomic mass is 9.80. The molecule has 4 atom stereocenters. The van der Waals surface area contributed by atoms with E-state index in [-0.39, 0.29) is 10.1 Å². The fraction of sp³-hybridized carbons (Fsp3) is 0.938. The van der Waals surface area contributed by atoms with Crippen molar-refractivity contribution in [1.29, 1.82) is 0 Å². The summed E-state index contributed by atoms with van der Waals surface area (Å²) < 4.78 is 0. The van der Waals surface area contributed by atoms with Gasteiger partial charge in [-0.3, -0.25) is 0 Å². The summed E-state index contributed by atoms with van der Waals surface area (Å²) in [6.45, 7) is 9.18. The van der Waals surface area contributed by atoms with Crippen molar-refractivity contribution in [2.45, 2.75) is 169 Å². The van der Waals surface area contributed by atoms with Gasteiger partial charge in [0, 0.05) is 12.8 Å². The molecule has 0 aromatic heterocycles. The molecule has 0 bridgehead atoms. The van der Waals surface area contributed by atoms with Gasteiger partial charge in [-0.2, -0.15) is 0 Å². The molecule has 0 fully saturated rings. The monoisotopic (exact) mass is 542 g/mol. The molecule has 0 saturated heterocycles. The van der Waals surface area contributed by atoms with E-state index >= 15 is 0 Å². The molecule has 0 amide bonds. The van der Waals surface area contributed by atoms with Crippen molar-refractivity contribution in [3.05, 3.63) is 0 Å². The van der Waals surface area contributed by atoms with Gasteiger partial charge in [0.15, 0.2) is 10.1 Å². The molecule has 0 rings (SSSR count). The maximum Gasteiger partial charge on any atom is 0.156 e. The Balaban J connectivity index is 4.76. The molecule has 4 unspecified atom stereocenters. The van der Waals surface area contributed by atoms with Crippen LogP contribution in [0.1, 0.15) is 169 Å². The van der Waals surface area contributed by atoms with E-state index in [4.69, 9.17) is 24.4 Å². The van der Waals surface area contributed by atoms with Gasteiger partial charge in [-0.05, 0) is 73.8 Å². The van der Waals surface area contributed by atoms with E-state index in [1.165, 1.54) is 103 Å². The zero-order chi connectivity index (χ0) is 27.0. The number of aliphatic hydroxyl groups excluding tert-OH is 2. The van der Waals surface area contributed by atoms with Crippen molar-refractivity contribution in [3.63, 3.8) is 0 Å². The van der Waals surface area contributed by atoms with Crippen LogP contribution in [0.2, 0.25) is 0 Å². The topological polar surface area (TPSA) is 40.5 Å². The summed E-state index contributed by atoms with van der Waals surface area (Å²) in [6, 6.07) is 0. The molecule has 2 nitrogen and oxygen atoms in total. The van der Waals surface area contributed by atoms with E-state index in [1.807, 2.05) is 0 Å². The van der Waals surface area contributed by atoms with Crippen LogP contribution in [0.15, 0.2) is 0 Å². The average Bonchev–Trinajstić information content (AvgIpc) is 2.84. The summed E-state index contributed by atoms with van der Waals surface area (Å²) in [4.78, 5) is 0. The van der Waals surface area contributed by atoms with E-state index in [1.54, 1.807) is 0 Å². The quantitative estimate of drug-likeness (QED) is 0.0799. The van der Waals surface area contributed by atoms with Gasteiger partial charge >= 0.3 is 0 Å². The highest BCUT2D eigenvalue weighted by atomic mass is 32.1. The smallest absolute Gasteiger partial charge is 0.156 e. The molecule has 36 heavy (non-hydrogen) atoms. The Bertz CT molecular complexity index is 476. The van der Waals surface area contributed by atoms with Crippen LogP contribution in [0.25, 0.3) is 0 Å². The fourth-order valence-corrected chi connectivity index (χ4v) is 6.39. The Morgan fingerprint density at radius 2 is 0.806 bits per heavy atom. The fourth-order valence-electron chi connectivity index (χ4n) is 5.92. The number of hydrogen-bond donors (Lipinski definition) is 2. The van der Waals surface area contributed by atoms with E-state index in [9.17, 15) is 10.2 Å². The molecule has 0 saturated carbocycles. The van der Waals surface area contributed by atoms with Gasteiger partial charge in [-0.25, -0.2) is 0 Å². The number of rotatable bonds is 27. The van der Waals surface area contributed by atoms with Crippen LogP contribution in [-0.4, -0.2) is 20.3 Å². The van der Waals surface area contributed by atoms with Crippen LogP contribution in [0, 0.1) is 23.7 Å². The lowest BCUT2D eigenvalue weighted by molar-refractivity contribution is 0.271. The minimum absolute atomic E-state index is 0.165. The van der Waals surface area contributed by atoms with Crippen molar-refractivity contribution in [2.24, 2.45) is 23.7 Å². The predicted molar refractivity (Wildman–Crippen MR) is 169 cm³/mol. The second kappa shape index (κ2) is 25.1. The number of thiocarbonyl (C=S) groups is 2. The molecule has 214 valence electrons. The third kappa shape index (κ3) is 21.8. The van der Waals surface area contributed by atoms with Crippen LogP contribution in [0.3, 0.4) is 0 Å². The van der Waals surface area contributed by atoms with Gasteiger partial charge < -0.3 is 10.2 Å². The largest absolute Gasteiger partial charge is 0.502 e. The first-order valence-electron chi connectivity index (χ1n) is 15.8. The highest BCUT2D eigenvalue weighted by Crippen LogP contribution is 2.32. The highest BCUT2D eigenvalue weighted by Gasteiger charge is 2.22. The summed E-state index contributed by atoms with van der Waals surface area (Å²) in [5.41, 5.74) is 0. The van der Waals surface area contributed by atoms with Crippen LogP contribution in [-0.2, 0) is 0 Å². The van der Waals surface area contributed by atoms with Crippen LogP contribution < -0.4 is 0 Å². The predicted octanol–water partition coefficient (Wildman–Crippen LogP) is 11.9. The van der Waals surface area contributed by atoms with E-state index in [2.05, 4.69) is 27.7 Å². The van der Waals surface area contributed by atoms with Crippen molar-refractivity contribution >= 4 is 34.5 Å². The summed E-state index contributed by atoms with van der Waals surface area (Å²) in [5.74, 6) is 2.34. The van der Waals surface area contributed by atoms with Gasteiger partial charge in [-0.15, -0.1) is 0 Å². The summed E-state index contributed by atoms with van der Waals surface area (Å²) in [5, 5.41) is 20.2. The summed E-state index contributed by atoms with van der Waals surface area (Å²) in [6.07, 6.45) is 27.0. The van der Waals surface area contributed by atoms with E-state index < -0.39 is 0 Å². The summed E-state index contributed by atoms with van der Waals surface area (Å²) in [7, 11) is 0. The molecule has 2 N–H and O–H groups in total. The van der Waals surface area contributed by atoms with E-state index in [0.29, 0.717) is 24.7 Å². The Morgan fingerprint density at radius 1 is 0.472 bits per heavy atom. The minimum Gasteiger partial charge on any atom is -0.502 e. The number of aliphatic hydroxyl groups is 2. The van der Waals surface area contributed by atoms with Gasteiger partial charge in [0.2, 0.25) is 0 Å². The first kappa shape index (κ1) is 35.8. The van der Waals surface area contributed by atoms with Crippen molar-refractivity contribution in [2.75, 3.05) is 0 Å². The van der Waals surface area contributed by atoms with Crippen molar-refractivity contribution < 1.29 is 10.2 Å². The molecule has 0 heterocycles. The Labute approximate surface area is 236 Å². The first-order chi connectivity index (χ1) is 17.4. The Morgan fingerprint density at radius 3 is 1.11 bits per heavy atom. The normalized spacial score (nSPS) is 14.9. The molecule has 0 spiro atoms. The van der Waals surface area contributed by atoms with Crippen LogP contribution in [0.5, 0.6) is 0 Å². The molecular formula is C32H62O2S2. The van der Waals surface area contributed by atoms with Gasteiger partial charge in [-0.1, -0.05) is 130 Å². The molecule has 4 heteroatoms. The summed E-state index contributed by atoms with van der Waals surface area (Å²) >= 11 is 10.3. The molecular weight excluding hydrogens is 480 g/mol. The third-order valence-electron chi connectivity index (χ3n) is 8.33. The molecule has 0 aromatic carbocycles. The van der Waals surface area contributed by atoms with Gasteiger partial charge in [0.25, 0.3) is 0 Å². The van der Waals surface area contributed by atoms with Crippen molar-refractivity contribution in [1.82, 2.24) is 0 Å². The SMILES string of the molecule is CCCCCCCCC(CC)CC(CCC(CC(O)=S)CC(CC)CCCCCCCC)CC(O)=S. The van der Waals surface area contributed by atoms with Gasteiger partial charge in [0.1, 0.15) is 0 Å². The lowest BCUT2D eigenvalue weighted by Crippen LogP contribution is -2.17. The zero-order valence-electron chi connectivity index (χ0n) is 24.6. The average molecular weight is 543 g/mol. The lowest BCUT2D eigenvalue weighted by Gasteiger charge is -2.26. The van der Waals surface area contributed by atoms with Crippen LogP contribution >= 0.6 is 24.4 Å². The van der Waals surface area contributed by atoms with Crippen LogP contribution in [0.4, 0.5) is 0 Å². The third-order valence-corrected chi connectivity index (χ3v) is 8.66.